The Hall–Kier alpha value is -4.13. The van der Waals surface area contributed by atoms with Crippen molar-refractivity contribution < 1.29 is 19.5 Å². The molecule has 4 rings (SSSR count). The van der Waals surface area contributed by atoms with E-state index in [1.165, 1.54) is 0 Å². The van der Waals surface area contributed by atoms with Crippen LogP contribution in [-0.2, 0) is 16.0 Å². The highest BCUT2D eigenvalue weighted by molar-refractivity contribution is 5.92. The van der Waals surface area contributed by atoms with Crippen molar-refractivity contribution in [1.29, 1.82) is 0 Å². The Labute approximate surface area is 204 Å². The summed E-state index contributed by atoms with van der Waals surface area (Å²) < 4.78 is 0. The van der Waals surface area contributed by atoms with E-state index in [0.29, 0.717) is 12.1 Å². The van der Waals surface area contributed by atoms with E-state index in [0.717, 1.165) is 29.5 Å². The molecule has 7 nitrogen and oxygen atoms in total. The smallest absolute Gasteiger partial charge is 0.319 e. The lowest BCUT2D eigenvalue weighted by Gasteiger charge is -2.31. The summed E-state index contributed by atoms with van der Waals surface area (Å²) in [4.78, 5) is 38.6. The van der Waals surface area contributed by atoms with Crippen LogP contribution in [-0.4, -0.2) is 34.5 Å². The highest BCUT2D eigenvalue weighted by Gasteiger charge is 2.38. The SMILES string of the molecule is O=C(O)CCc1cccc(NC(=O)NCC(=O)N2C(c3ccccc3)CCC2c2ccccc2)c1. The quantitative estimate of drug-likeness (QED) is 0.434. The summed E-state index contributed by atoms with van der Waals surface area (Å²) in [6.45, 7) is -0.128. The number of carboxylic acids is 1. The molecular weight excluding hydrogens is 442 g/mol. The molecule has 0 radical (unpaired) electrons. The maximum Gasteiger partial charge on any atom is 0.319 e. The lowest BCUT2D eigenvalue weighted by atomic mass is 10.0. The Morgan fingerprint density at radius 3 is 2.00 bits per heavy atom. The third kappa shape index (κ3) is 6.26. The fraction of sp³-hybridized carbons (Fsp3) is 0.250. The Balaban J connectivity index is 1.42. The van der Waals surface area contributed by atoms with Gasteiger partial charge in [-0.2, -0.15) is 0 Å². The van der Waals surface area contributed by atoms with E-state index >= 15 is 0 Å². The molecule has 7 heteroatoms. The second kappa shape index (κ2) is 11.3. The molecule has 3 amide bonds. The molecule has 2 atom stereocenters. The van der Waals surface area contributed by atoms with Crippen molar-refractivity contribution in [2.24, 2.45) is 0 Å². The van der Waals surface area contributed by atoms with E-state index in [1.807, 2.05) is 71.6 Å². The predicted molar refractivity (Wildman–Crippen MR) is 134 cm³/mol. The van der Waals surface area contributed by atoms with Gasteiger partial charge in [-0.05, 0) is 48.1 Å². The summed E-state index contributed by atoms with van der Waals surface area (Å²) in [5, 5.41) is 14.3. The van der Waals surface area contributed by atoms with Gasteiger partial charge in [0.1, 0.15) is 0 Å². The van der Waals surface area contributed by atoms with Gasteiger partial charge in [-0.3, -0.25) is 9.59 Å². The van der Waals surface area contributed by atoms with Crippen LogP contribution in [0.15, 0.2) is 84.9 Å². The lowest BCUT2D eigenvalue weighted by Crippen LogP contribution is -2.42. The lowest BCUT2D eigenvalue weighted by molar-refractivity contribution is -0.137. The fourth-order valence-electron chi connectivity index (χ4n) is 4.64. The molecule has 0 aliphatic carbocycles. The zero-order valence-corrected chi connectivity index (χ0v) is 19.4. The molecule has 3 N–H and O–H groups in total. The van der Waals surface area contributed by atoms with Gasteiger partial charge in [-0.25, -0.2) is 4.79 Å². The van der Waals surface area contributed by atoms with Gasteiger partial charge in [0.2, 0.25) is 5.91 Å². The summed E-state index contributed by atoms with van der Waals surface area (Å²) >= 11 is 0. The molecule has 1 aliphatic rings. The molecule has 180 valence electrons. The van der Waals surface area contributed by atoms with Gasteiger partial charge < -0.3 is 20.6 Å². The number of aliphatic carboxylic acids is 1. The van der Waals surface area contributed by atoms with E-state index in [-0.39, 0.29) is 31.0 Å². The summed E-state index contributed by atoms with van der Waals surface area (Å²) in [6, 6.07) is 26.4. The average molecular weight is 472 g/mol. The number of nitrogens with zero attached hydrogens (tertiary/aromatic N) is 1. The number of likely N-dealkylation sites (tertiary alicyclic amines) is 1. The molecule has 1 saturated heterocycles. The predicted octanol–water partition coefficient (Wildman–Crippen LogP) is 4.93. The monoisotopic (exact) mass is 471 g/mol. The number of carboxylic acid groups (broad SMARTS) is 1. The van der Waals surface area contributed by atoms with Crippen molar-refractivity contribution in [2.75, 3.05) is 11.9 Å². The zero-order chi connectivity index (χ0) is 24.6. The van der Waals surface area contributed by atoms with Crippen molar-refractivity contribution in [3.05, 3.63) is 102 Å². The number of amides is 3. The van der Waals surface area contributed by atoms with Crippen LogP contribution in [0.4, 0.5) is 10.5 Å². The minimum atomic E-state index is -0.871. The second-order valence-electron chi connectivity index (χ2n) is 8.63. The maximum absolute atomic E-state index is 13.4. The van der Waals surface area contributed by atoms with E-state index < -0.39 is 12.0 Å². The van der Waals surface area contributed by atoms with E-state index in [2.05, 4.69) is 10.6 Å². The number of hydrogen-bond donors (Lipinski definition) is 3. The van der Waals surface area contributed by atoms with Crippen LogP contribution in [0.3, 0.4) is 0 Å². The fourth-order valence-corrected chi connectivity index (χ4v) is 4.64. The molecule has 0 saturated carbocycles. The number of anilines is 1. The number of benzene rings is 3. The van der Waals surface area contributed by atoms with Crippen LogP contribution in [0, 0.1) is 0 Å². The Kier molecular flexibility index (Phi) is 7.77. The van der Waals surface area contributed by atoms with E-state index in [1.54, 1.807) is 18.2 Å². The summed E-state index contributed by atoms with van der Waals surface area (Å²) in [5.41, 5.74) is 3.53. The third-order valence-electron chi connectivity index (χ3n) is 6.25. The molecule has 0 bridgehead atoms. The molecular formula is C28H29N3O4. The molecule has 3 aromatic carbocycles. The Bertz CT molecular complexity index is 1120. The first-order valence-corrected chi connectivity index (χ1v) is 11.8. The first kappa shape index (κ1) is 24.0. The Morgan fingerprint density at radius 1 is 0.829 bits per heavy atom. The van der Waals surface area contributed by atoms with Gasteiger partial charge >= 0.3 is 12.0 Å². The van der Waals surface area contributed by atoms with Crippen LogP contribution >= 0.6 is 0 Å². The zero-order valence-electron chi connectivity index (χ0n) is 19.4. The number of carbonyl (C=O) groups excluding carboxylic acids is 2. The molecule has 1 aliphatic heterocycles. The molecule has 35 heavy (non-hydrogen) atoms. The first-order chi connectivity index (χ1) is 17.0. The first-order valence-electron chi connectivity index (χ1n) is 11.8. The summed E-state index contributed by atoms with van der Waals surface area (Å²) in [6.07, 6.45) is 2.10. The number of urea groups is 1. The van der Waals surface area contributed by atoms with Gasteiger partial charge in [0.15, 0.2) is 0 Å². The molecule has 1 fully saturated rings. The molecule has 3 aromatic rings. The van der Waals surface area contributed by atoms with Crippen molar-refractivity contribution in [1.82, 2.24) is 10.2 Å². The minimum absolute atomic E-state index is 0.0190. The van der Waals surface area contributed by atoms with E-state index in [4.69, 9.17) is 5.11 Å². The topological polar surface area (TPSA) is 98.7 Å². The van der Waals surface area contributed by atoms with Crippen molar-refractivity contribution in [3.63, 3.8) is 0 Å². The van der Waals surface area contributed by atoms with Crippen LogP contribution in [0.25, 0.3) is 0 Å². The molecule has 1 heterocycles. The summed E-state index contributed by atoms with van der Waals surface area (Å²) in [7, 11) is 0. The van der Waals surface area contributed by atoms with Crippen molar-refractivity contribution in [3.8, 4) is 0 Å². The van der Waals surface area contributed by atoms with Crippen molar-refractivity contribution in [2.45, 2.75) is 37.8 Å². The van der Waals surface area contributed by atoms with Gasteiger partial charge in [-0.15, -0.1) is 0 Å². The van der Waals surface area contributed by atoms with Gasteiger partial charge in [0.25, 0.3) is 0 Å². The number of nitrogens with one attached hydrogen (secondary N) is 2. The molecule has 0 spiro atoms. The summed E-state index contributed by atoms with van der Waals surface area (Å²) in [5.74, 6) is -1.01. The minimum Gasteiger partial charge on any atom is -0.481 e. The van der Waals surface area contributed by atoms with Crippen LogP contribution < -0.4 is 10.6 Å². The van der Waals surface area contributed by atoms with Crippen LogP contribution in [0.1, 0.15) is 48.0 Å². The standard InChI is InChI=1S/C28H29N3O4/c32-26(19-29-28(35)30-23-13-7-8-20(18-23)14-17-27(33)34)31-24(21-9-3-1-4-10-21)15-16-25(31)22-11-5-2-6-12-22/h1-13,18,24-25H,14-17,19H2,(H,33,34)(H2,29,30,35). The molecule has 2 unspecified atom stereocenters. The van der Waals surface area contributed by atoms with Crippen molar-refractivity contribution >= 4 is 23.6 Å². The average Bonchev–Trinajstić information content (AvgIpc) is 3.33. The van der Waals surface area contributed by atoms with Crippen LogP contribution in [0.2, 0.25) is 0 Å². The number of carbonyl (C=O) groups is 3. The number of hydrogen-bond acceptors (Lipinski definition) is 3. The third-order valence-corrected chi connectivity index (χ3v) is 6.25. The normalized spacial score (nSPS) is 17.1. The van der Waals surface area contributed by atoms with E-state index in [9.17, 15) is 14.4 Å². The highest BCUT2D eigenvalue weighted by atomic mass is 16.4. The number of rotatable bonds is 8. The largest absolute Gasteiger partial charge is 0.481 e. The van der Waals surface area contributed by atoms with Gasteiger partial charge in [0, 0.05) is 12.1 Å². The molecule has 0 aromatic heterocycles. The van der Waals surface area contributed by atoms with Gasteiger partial charge in [-0.1, -0.05) is 72.8 Å². The second-order valence-corrected chi connectivity index (χ2v) is 8.63. The number of aryl methyl sites for hydroxylation is 1. The van der Waals surface area contributed by atoms with Crippen LogP contribution in [0.5, 0.6) is 0 Å². The highest BCUT2D eigenvalue weighted by Crippen LogP contribution is 2.43. The maximum atomic E-state index is 13.4. The Morgan fingerprint density at radius 2 is 1.43 bits per heavy atom. The van der Waals surface area contributed by atoms with Gasteiger partial charge in [0.05, 0.1) is 18.6 Å².